The number of benzene rings is 1. The van der Waals surface area contributed by atoms with Crippen LogP contribution >= 0.6 is 31.9 Å². The van der Waals surface area contributed by atoms with Crippen LogP contribution in [-0.4, -0.2) is 11.9 Å². The van der Waals surface area contributed by atoms with E-state index in [9.17, 15) is 4.79 Å². The Morgan fingerprint density at radius 2 is 1.88 bits per heavy atom. The highest BCUT2D eigenvalue weighted by Gasteiger charge is 2.14. The summed E-state index contributed by atoms with van der Waals surface area (Å²) in [5.41, 5.74) is 0.655. The molecule has 4 heteroatoms. The highest BCUT2D eigenvalue weighted by molar-refractivity contribution is 9.11. The maximum absolute atomic E-state index is 12.0. The largest absolute Gasteiger partial charge is 0.349 e. The summed E-state index contributed by atoms with van der Waals surface area (Å²) in [6.45, 7) is 6.18. The highest BCUT2D eigenvalue weighted by atomic mass is 79.9. The van der Waals surface area contributed by atoms with Gasteiger partial charge in [0.2, 0.25) is 0 Å². The van der Waals surface area contributed by atoms with Gasteiger partial charge in [-0.2, -0.15) is 0 Å². The van der Waals surface area contributed by atoms with Crippen molar-refractivity contribution in [1.29, 1.82) is 0 Å². The van der Waals surface area contributed by atoms with Crippen LogP contribution in [0.1, 0.15) is 31.1 Å². The van der Waals surface area contributed by atoms with Gasteiger partial charge in [-0.05, 0) is 47.0 Å². The maximum Gasteiger partial charge on any atom is 0.252 e. The van der Waals surface area contributed by atoms with Gasteiger partial charge in [0.05, 0.1) is 5.56 Å². The second-order valence-corrected chi connectivity index (χ2v) is 5.90. The van der Waals surface area contributed by atoms with E-state index in [4.69, 9.17) is 0 Å². The number of carbonyl (C=O) groups is 1. The molecular formula is C12H15Br2NO. The number of hydrogen-bond acceptors (Lipinski definition) is 1. The van der Waals surface area contributed by atoms with E-state index in [1.807, 2.05) is 25.1 Å². The number of hydrogen-bond donors (Lipinski definition) is 1. The molecule has 1 aromatic rings. The normalized spacial score (nSPS) is 12.6. The molecule has 1 unspecified atom stereocenters. The Morgan fingerprint density at radius 3 is 2.44 bits per heavy atom. The number of carbonyl (C=O) groups excluding carboxylic acids is 1. The lowest BCUT2D eigenvalue weighted by molar-refractivity contribution is 0.0929. The van der Waals surface area contributed by atoms with Gasteiger partial charge in [-0.1, -0.05) is 29.8 Å². The molecule has 1 rings (SSSR count). The summed E-state index contributed by atoms with van der Waals surface area (Å²) in [7, 11) is 0. The number of amides is 1. The van der Waals surface area contributed by atoms with Crippen LogP contribution in [0.5, 0.6) is 0 Å². The minimum absolute atomic E-state index is 0.0469. The summed E-state index contributed by atoms with van der Waals surface area (Å²) >= 11 is 6.74. The van der Waals surface area contributed by atoms with Gasteiger partial charge in [-0.25, -0.2) is 0 Å². The zero-order valence-corrected chi connectivity index (χ0v) is 12.7. The van der Waals surface area contributed by atoms with Crippen molar-refractivity contribution in [3.8, 4) is 0 Å². The molecule has 0 bridgehead atoms. The molecule has 0 saturated heterocycles. The SMILES string of the molecule is CC(C)C(C)NC(=O)c1cc(Br)ccc1Br. The van der Waals surface area contributed by atoms with Crippen LogP contribution in [0.4, 0.5) is 0 Å². The van der Waals surface area contributed by atoms with E-state index in [0.717, 1.165) is 8.95 Å². The summed E-state index contributed by atoms with van der Waals surface area (Å²) < 4.78 is 1.71. The van der Waals surface area contributed by atoms with Gasteiger partial charge in [0.1, 0.15) is 0 Å². The third-order valence-electron chi connectivity index (χ3n) is 2.53. The van der Waals surface area contributed by atoms with Crippen molar-refractivity contribution in [1.82, 2.24) is 5.32 Å². The van der Waals surface area contributed by atoms with Crippen LogP contribution in [-0.2, 0) is 0 Å². The Morgan fingerprint density at radius 1 is 1.25 bits per heavy atom. The van der Waals surface area contributed by atoms with E-state index in [-0.39, 0.29) is 11.9 Å². The number of nitrogens with one attached hydrogen (secondary N) is 1. The molecule has 0 aliphatic rings. The minimum atomic E-state index is -0.0469. The Bertz CT molecular complexity index is 391. The lowest BCUT2D eigenvalue weighted by atomic mass is 10.1. The van der Waals surface area contributed by atoms with E-state index in [1.165, 1.54) is 0 Å². The van der Waals surface area contributed by atoms with Crippen molar-refractivity contribution in [2.24, 2.45) is 5.92 Å². The molecule has 0 spiro atoms. The Kier molecular flexibility index (Phi) is 4.99. The van der Waals surface area contributed by atoms with Gasteiger partial charge in [-0.15, -0.1) is 0 Å². The van der Waals surface area contributed by atoms with Gasteiger partial charge < -0.3 is 5.32 Å². The topological polar surface area (TPSA) is 29.1 Å². The standard InChI is InChI=1S/C12H15Br2NO/c1-7(2)8(3)15-12(16)10-6-9(13)4-5-11(10)14/h4-8H,1-3H3,(H,15,16). The molecule has 0 aliphatic carbocycles. The van der Waals surface area contributed by atoms with Crippen molar-refractivity contribution in [3.63, 3.8) is 0 Å². The smallest absolute Gasteiger partial charge is 0.252 e. The van der Waals surface area contributed by atoms with Crippen molar-refractivity contribution >= 4 is 37.8 Å². The molecule has 88 valence electrons. The molecule has 16 heavy (non-hydrogen) atoms. The van der Waals surface area contributed by atoms with Crippen molar-refractivity contribution in [3.05, 3.63) is 32.7 Å². The lowest BCUT2D eigenvalue weighted by Crippen LogP contribution is -2.36. The quantitative estimate of drug-likeness (QED) is 0.879. The van der Waals surface area contributed by atoms with Crippen molar-refractivity contribution in [2.75, 3.05) is 0 Å². The molecule has 0 aliphatic heterocycles. The fourth-order valence-corrected chi connectivity index (χ4v) is 1.91. The average molecular weight is 349 g/mol. The zero-order chi connectivity index (χ0) is 12.3. The van der Waals surface area contributed by atoms with E-state index < -0.39 is 0 Å². The van der Waals surface area contributed by atoms with Crippen LogP contribution in [0.25, 0.3) is 0 Å². The highest BCUT2D eigenvalue weighted by Crippen LogP contribution is 2.21. The van der Waals surface area contributed by atoms with Gasteiger partial charge >= 0.3 is 0 Å². The van der Waals surface area contributed by atoms with Crippen molar-refractivity contribution < 1.29 is 4.79 Å². The number of rotatable bonds is 3. The van der Waals surface area contributed by atoms with Crippen LogP contribution in [0.15, 0.2) is 27.1 Å². The van der Waals surface area contributed by atoms with E-state index in [2.05, 4.69) is 51.0 Å². The van der Waals surface area contributed by atoms with Crippen LogP contribution in [0, 0.1) is 5.92 Å². The molecule has 0 saturated carbocycles. The van der Waals surface area contributed by atoms with Crippen LogP contribution in [0.2, 0.25) is 0 Å². The molecule has 1 atom stereocenters. The van der Waals surface area contributed by atoms with E-state index >= 15 is 0 Å². The molecule has 2 nitrogen and oxygen atoms in total. The third kappa shape index (κ3) is 3.59. The first kappa shape index (κ1) is 13.7. The van der Waals surface area contributed by atoms with Crippen LogP contribution < -0.4 is 5.32 Å². The molecule has 0 aromatic heterocycles. The predicted octanol–water partition coefficient (Wildman–Crippen LogP) is 3.99. The Labute approximate surface area is 113 Å². The minimum Gasteiger partial charge on any atom is -0.349 e. The van der Waals surface area contributed by atoms with Crippen molar-refractivity contribution in [2.45, 2.75) is 26.8 Å². The zero-order valence-electron chi connectivity index (χ0n) is 9.55. The fourth-order valence-electron chi connectivity index (χ4n) is 1.12. The molecule has 1 aromatic carbocycles. The van der Waals surface area contributed by atoms with E-state index in [0.29, 0.717) is 11.5 Å². The fraction of sp³-hybridized carbons (Fsp3) is 0.417. The second-order valence-electron chi connectivity index (χ2n) is 4.13. The summed E-state index contributed by atoms with van der Waals surface area (Å²) in [6.07, 6.45) is 0. The lowest BCUT2D eigenvalue weighted by Gasteiger charge is -2.17. The second kappa shape index (κ2) is 5.82. The third-order valence-corrected chi connectivity index (χ3v) is 3.72. The first-order chi connectivity index (χ1) is 7.41. The Balaban J connectivity index is 2.84. The number of halogens is 2. The first-order valence-electron chi connectivity index (χ1n) is 5.17. The van der Waals surface area contributed by atoms with Gasteiger partial charge in [0.15, 0.2) is 0 Å². The van der Waals surface area contributed by atoms with Crippen LogP contribution in [0.3, 0.4) is 0 Å². The molecule has 0 heterocycles. The molecule has 0 fully saturated rings. The predicted molar refractivity (Wildman–Crippen MR) is 73.6 cm³/mol. The summed E-state index contributed by atoms with van der Waals surface area (Å²) in [5.74, 6) is 0.379. The van der Waals surface area contributed by atoms with Gasteiger partial charge in [-0.3, -0.25) is 4.79 Å². The summed E-state index contributed by atoms with van der Waals surface area (Å²) in [5, 5.41) is 2.97. The summed E-state index contributed by atoms with van der Waals surface area (Å²) in [4.78, 5) is 12.0. The molecule has 1 amide bonds. The maximum atomic E-state index is 12.0. The average Bonchev–Trinajstić information content (AvgIpc) is 2.21. The molecule has 1 N–H and O–H groups in total. The van der Waals surface area contributed by atoms with Gasteiger partial charge in [0.25, 0.3) is 5.91 Å². The first-order valence-corrected chi connectivity index (χ1v) is 6.76. The molecular weight excluding hydrogens is 334 g/mol. The summed E-state index contributed by atoms with van der Waals surface area (Å²) in [6, 6.07) is 5.73. The monoisotopic (exact) mass is 347 g/mol. The van der Waals surface area contributed by atoms with E-state index in [1.54, 1.807) is 0 Å². The van der Waals surface area contributed by atoms with Gasteiger partial charge in [0, 0.05) is 15.0 Å². The molecule has 0 radical (unpaired) electrons. The Hall–Kier alpha value is -0.350.